The number of hydrogen-bond donors (Lipinski definition) is 1. The first-order valence-corrected chi connectivity index (χ1v) is 7.73. The van der Waals surface area contributed by atoms with Gasteiger partial charge in [0, 0.05) is 5.56 Å². The van der Waals surface area contributed by atoms with Crippen molar-refractivity contribution in [2.24, 2.45) is 0 Å². The summed E-state index contributed by atoms with van der Waals surface area (Å²) in [5.41, 5.74) is 0.665. The SMILES string of the molecule is COc1ccc(OC)c(/C=C2/C(=O)NC(=O)N(c3ccccc3)C2=O)c1. The van der Waals surface area contributed by atoms with E-state index >= 15 is 0 Å². The molecule has 2 aromatic rings. The summed E-state index contributed by atoms with van der Waals surface area (Å²) in [6.07, 6.45) is 1.38. The fraction of sp³-hybridized carbons (Fsp3) is 0.105. The monoisotopic (exact) mass is 352 g/mol. The minimum atomic E-state index is -0.791. The van der Waals surface area contributed by atoms with Crippen LogP contribution in [0.1, 0.15) is 5.56 Å². The van der Waals surface area contributed by atoms with Crippen LogP contribution in [-0.4, -0.2) is 32.1 Å². The third-order valence-electron chi connectivity index (χ3n) is 3.85. The van der Waals surface area contributed by atoms with Crippen molar-refractivity contribution >= 4 is 29.6 Å². The van der Waals surface area contributed by atoms with Gasteiger partial charge >= 0.3 is 6.03 Å². The molecule has 132 valence electrons. The van der Waals surface area contributed by atoms with Crippen molar-refractivity contribution in [1.82, 2.24) is 5.32 Å². The highest BCUT2D eigenvalue weighted by atomic mass is 16.5. The maximum Gasteiger partial charge on any atom is 0.335 e. The molecule has 1 aliphatic rings. The van der Waals surface area contributed by atoms with Crippen LogP contribution in [0.5, 0.6) is 11.5 Å². The zero-order valence-corrected chi connectivity index (χ0v) is 14.2. The van der Waals surface area contributed by atoms with Gasteiger partial charge in [-0.05, 0) is 36.4 Å². The summed E-state index contributed by atoms with van der Waals surface area (Å²) in [4.78, 5) is 38.1. The van der Waals surface area contributed by atoms with Gasteiger partial charge in [-0.3, -0.25) is 14.9 Å². The second-order valence-electron chi connectivity index (χ2n) is 5.40. The minimum absolute atomic E-state index is 0.181. The predicted octanol–water partition coefficient (Wildman–Crippen LogP) is 2.37. The number of para-hydroxylation sites is 1. The third-order valence-corrected chi connectivity index (χ3v) is 3.85. The molecular formula is C19H16N2O5. The van der Waals surface area contributed by atoms with E-state index in [0.29, 0.717) is 22.7 Å². The van der Waals surface area contributed by atoms with Crippen LogP contribution < -0.4 is 19.7 Å². The first kappa shape index (κ1) is 17.2. The fourth-order valence-corrected chi connectivity index (χ4v) is 2.58. The van der Waals surface area contributed by atoms with Crippen molar-refractivity contribution in [3.8, 4) is 11.5 Å². The van der Waals surface area contributed by atoms with E-state index in [-0.39, 0.29) is 5.57 Å². The van der Waals surface area contributed by atoms with Gasteiger partial charge in [0.25, 0.3) is 11.8 Å². The van der Waals surface area contributed by atoms with Crippen molar-refractivity contribution in [3.63, 3.8) is 0 Å². The molecule has 3 rings (SSSR count). The number of carbonyl (C=O) groups is 3. The van der Waals surface area contributed by atoms with Crippen LogP contribution in [0.25, 0.3) is 6.08 Å². The number of hydrogen-bond acceptors (Lipinski definition) is 5. The van der Waals surface area contributed by atoms with Crippen molar-refractivity contribution in [2.45, 2.75) is 0 Å². The lowest BCUT2D eigenvalue weighted by atomic mass is 10.1. The highest BCUT2D eigenvalue weighted by molar-refractivity contribution is 6.39. The van der Waals surface area contributed by atoms with E-state index in [4.69, 9.17) is 9.47 Å². The molecule has 7 heteroatoms. The number of benzene rings is 2. The van der Waals surface area contributed by atoms with E-state index in [2.05, 4.69) is 5.32 Å². The standard InChI is InChI=1S/C19H16N2O5/c1-25-14-8-9-16(26-2)12(10-14)11-15-17(22)20-19(24)21(18(15)23)13-6-4-3-5-7-13/h3-11H,1-2H3,(H,20,22,24)/b15-11-. The van der Waals surface area contributed by atoms with Crippen molar-refractivity contribution in [2.75, 3.05) is 19.1 Å². The number of imide groups is 2. The molecule has 1 heterocycles. The fourth-order valence-electron chi connectivity index (χ4n) is 2.58. The summed E-state index contributed by atoms with van der Waals surface area (Å²) in [6.45, 7) is 0. The van der Waals surface area contributed by atoms with Crippen molar-refractivity contribution in [3.05, 3.63) is 59.7 Å². The molecule has 0 aromatic heterocycles. The Morgan fingerprint density at radius 2 is 1.69 bits per heavy atom. The Morgan fingerprint density at radius 1 is 0.962 bits per heavy atom. The van der Waals surface area contributed by atoms with Gasteiger partial charge < -0.3 is 9.47 Å². The van der Waals surface area contributed by atoms with Crippen LogP contribution in [0.4, 0.5) is 10.5 Å². The lowest BCUT2D eigenvalue weighted by molar-refractivity contribution is -0.122. The van der Waals surface area contributed by atoms with Crippen LogP contribution >= 0.6 is 0 Å². The van der Waals surface area contributed by atoms with Gasteiger partial charge in [0.05, 0.1) is 19.9 Å². The van der Waals surface area contributed by atoms with Gasteiger partial charge in [-0.2, -0.15) is 0 Å². The average Bonchev–Trinajstić information content (AvgIpc) is 2.65. The summed E-state index contributed by atoms with van der Waals surface area (Å²) in [6, 6.07) is 12.6. The first-order chi connectivity index (χ1) is 12.5. The molecule has 0 saturated carbocycles. The summed E-state index contributed by atoms with van der Waals surface area (Å²) < 4.78 is 10.4. The van der Waals surface area contributed by atoms with E-state index in [0.717, 1.165) is 4.90 Å². The molecule has 1 saturated heterocycles. The van der Waals surface area contributed by atoms with E-state index in [1.54, 1.807) is 48.5 Å². The molecular weight excluding hydrogens is 336 g/mol. The maximum absolute atomic E-state index is 12.8. The Hall–Kier alpha value is -3.61. The molecule has 0 spiro atoms. The number of nitrogens with one attached hydrogen (secondary N) is 1. The van der Waals surface area contributed by atoms with E-state index in [1.165, 1.54) is 20.3 Å². The lowest BCUT2D eigenvalue weighted by Crippen LogP contribution is -2.54. The number of amides is 4. The van der Waals surface area contributed by atoms with Gasteiger partial charge in [0.1, 0.15) is 17.1 Å². The average molecular weight is 352 g/mol. The third kappa shape index (κ3) is 3.14. The van der Waals surface area contributed by atoms with E-state index in [9.17, 15) is 14.4 Å². The van der Waals surface area contributed by atoms with Crippen LogP contribution in [0, 0.1) is 0 Å². The Kier molecular flexibility index (Phi) is 4.70. The molecule has 0 atom stereocenters. The van der Waals surface area contributed by atoms with Gasteiger partial charge in [0.15, 0.2) is 0 Å². The van der Waals surface area contributed by atoms with Crippen LogP contribution in [0.3, 0.4) is 0 Å². The van der Waals surface area contributed by atoms with Crippen molar-refractivity contribution < 1.29 is 23.9 Å². The molecule has 0 unspecified atom stereocenters. The summed E-state index contributed by atoms with van der Waals surface area (Å²) >= 11 is 0. The second-order valence-corrected chi connectivity index (χ2v) is 5.40. The molecule has 0 bridgehead atoms. The maximum atomic E-state index is 12.8. The van der Waals surface area contributed by atoms with Gasteiger partial charge in [0.2, 0.25) is 0 Å². The lowest BCUT2D eigenvalue weighted by Gasteiger charge is -2.26. The minimum Gasteiger partial charge on any atom is -0.497 e. The number of nitrogens with zero attached hydrogens (tertiary/aromatic N) is 1. The zero-order chi connectivity index (χ0) is 18.7. The Labute approximate surface area is 149 Å². The molecule has 26 heavy (non-hydrogen) atoms. The van der Waals surface area contributed by atoms with Crippen LogP contribution in [0.15, 0.2) is 54.1 Å². The number of carbonyl (C=O) groups excluding carboxylic acids is 3. The Balaban J connectivity index is 2.06. The number of ether oxygens (including phenoxy) is 2. The number of anilines is 1. The number of barbiturate groups is 1. The van der Waals surface area contributed by atoms with Crippen LogP contribution in [-0.2, 0) is 9.59 Å². The summed E-state index contributed by atoms with van der Waals surface area (Å²) in [5.74, 6) is -0.480. The summed E-state index contributed by atoms with van der Waals surface area (Å²) in [5, 5.41) is 2.18. The smallest absolute Gasteiger partial charge is 0.335 e. The molecule has 1 fully saturated rings. The van der Waals surface area contributed by atoms with Crippen LogP contribution in [0.2, 0.25) is 0 Å². The number of rotatable bonds is 4. The van der Waals surface area contributed by atoms with Gasteiger partial charge in [-0.25, -0.2) is 9.69 Å². The van der Waals surface area contributed by atoms with E-state index < -0.39 is 17.8 Å². The van der Waals surface area contributed by atoms with E-state index in [1.807, 2.05) is 0 Å². The van der Waals surface area contributed by atoms with Gasteiger partial charge in [-0.1, -0.05) is 18.2 Å². The topological polar surface area (TPSA) is 84.9 Å². The molecule has 1 N–H and O–H groups in total. The normalized spacial score (nSPS) is 15.8. The highest BCUT2D eigenvalue weighted by Gasteiger charge is 2.36. The second kappa shape index (κ2) is 7.10. The number of urea groups is 1. The quantitative estimate of drug-likeness (QED) is 0.674. The molecule has 0 aliphatic carbocycles. The van der Waals surface area contributed by atoms with Gasteiger partial charge in [-0.15, -0.1) is 0 Å². The highest BCUT2D eigenvalue weighted by Crippen LogP contribution is 2.28. The molecule has 1 aliphatic heterocycles. The van der Waals surface area contributed by atoms with Crippen molar-refractivity contribution in [1.29, 1.82) is 0 Å². The first-order valence-electron chi connectivity index (χ1n) is 7.73. The molecule has 4 amide bonds. The molecule has 2 aromatic carbocycles. The molecule has 0 radical (unpaired) electrons. The zero-order valence-electron chi connectivity index (χ0n) is 14.2. The molecule has 7 nitrogen and oxygen atoms in total. The summed E-state index contributed by atoms with van der Waals surface area (Å²) in [7, 11) is 2.99. The number of methoxy groups -OCH3 is 2. The largest absolute Gasteiger partial charge is 0.497 e. The Morgan fingerprint density at radius 3 is 2.35 bits per heavy atom. The Bertz CT molecular complexity index is 905. The predicted molar refractivity (Wildman–Crippen MR) is 95.0 cm³/mol.